The molecule has 1 amide bonds. The molecule has 4 nitrogen and oxygen atoms in total. The van der Waals surface area contributed by atoms with Crippen LogP contribution in [0.2, 0.25) is 10.0 Å². The molecule has 0 fully saturated rings. The second-order valence-electron chi connectivity index (χ2n) is 4.68. The Morgan fingerprint density at radius 1 is 1.14 bits per heavy atom. The van der Waals surface area contributed by atoms with Crippen molar-refractivity contribution in [3.05, 3.63) is 52.0 Å². The van der Waals surface area contributed by atoms with Gasteiger partial charge in [0, 0.05) is 22.3 Å². The molecule has 0 spiro atoms. The molecule has 0 aliphatic carbocycles. The summed E-state index contributed by atoms with van der Waals surface area (Å²) in [6.07, 6.45) is 0. The first kappa shape index (κ1) is 14.0. The quantitative estimate of drug-likeness (QED) is 0.900. The van der Waals surface area contributed by atoms with Crippen LogP contribution < -0.4 is 15.4 Å². The minimum atomic E-state index is -0.144. The molecule has 108 valence electrons. The van der Waals surface area contributed by atoms with E-state index >= 15 is 0 Å². The highest BCUT2D eigenvalue weighted by atomic mass is 35.5. The van der Waals surface area contributed by atoms with Gasteiger partial charge < -0.3 is 15.4 Å². The molecule has 2 N–H and O–H groups in total. The van der Waals surface area contributed by atoms with Crippen LogP contribution in [0.4, 0.5) is 11.4 Å². The zero-order valence-electron chi connectivity index (χ0n) is 11.0. The van der Waals surface area contributed by atoms with E-state index in [2.05, 4.69) is 10.6 Å². The molecule has 0 atom stereocenters. The number of anilines is 2. The number of hydrogen-bond donors (Lipinski definition) is 2. The molecule has 0 aromatic heterocycles. The van der Waals surface area contributed by atoms with Crippen LogP contribution in [-0.4, -0.2) is 12.5 Å². The SMILES string of the molecule is O=C1COc2ccc(CNc3cc(Cl)cc(Cl)c3)cc2N1. The molecular weight excluding hydrogens is 311 g/mol. The Hall–Kier alpha value is -1.91. The number of rotatable bonds is 3. The average molecular weight is 323 g/mol. The van der Waals surface area contributed by atoms with Gasteiger partial charge in [-0.25, -0.2) is 0 Å². The normalized spacial score (nSPS) is 13.1. The van der Waals surface area contributed by atoms with E-state index in [0.29, 0.717) is 28.0 Å². The highest BCUT2D eigenvalue weighted by molar-refractivity contribution is 6.35. The van der Waals surface area contributed by atoms with Crippen molar-refractivity contribution in [2.45, 2.75) is 6.54 Å². The van der Waals surface area contributed by atoms with E-state index in [1.807, 2.05) is 18.2 Å². The fourth-order valence-electron chi connectivity index (χ4n) is 2.10. The molecule has 21 heavy (non-hydrogen) atoms. The minimum absolute atomic E-state index is 0.0611. The summed E-state index contributed by atoms with van der Waals surface area (Å²) in [4.78, 5) is 11.3. The predicted molar refractivity (Wildman–Crippen MR) is 84.4 cm³/mol. The van der Waals surface area contributed by atoms with Gasteiger partial charge in [-0.05, 0) is 35.9 Å². The fourth-order valence-corrected chi connectivity index (χ4v) is 2.63. The number of fused-ring (bicyclic) bond motifs is 1. The Morgan fingerprint density at radius 3 is 2.67 bits per heavy atom. The topological polar surface area (TPSA) is 50.4 Å². The zero-order chi connectivity index (χ0) is 14.8. The Labute approximate surface area is 132 Å². The standard InChI is InChI=1S/C15H12Cl2N2O2/c16-10-4-11(17)6-12(5-10)18-7-9-1-2-14-13(3-9)19-15(20)8-21-14/h1-6,18H,7-8H2,(H,19,20). The van der Waals surface area contributed by atoms with E-state index < -0.39 is 0 Å². The number of carbonyl (C=O) groups excluding carboxylic acids is 1. The van der Waals surface area contributed by atoms with E-state index in [1.54, 1.807) is 18.2 Å². The van der Waals surface area contributed by atoms with Crippen molar-refractivity contribution in [3.63, 3.8) is 0 Å². The molecule has 2 aromatic carbocycles. The highest BCUT2D eigenvalue weighted by Crippen LogP contribution is 2.29. The van der Waals surface area contributed by atoms with Gasteiger partial charge in [-0.15, -0.1) is 0 Å². The Kier molecular flexibility index (Phi) is 3.90. The van der Waals surface area contributed by atoms with Gasteiger partial charge in [-0.1, -0.05) is 29.3 Å². The summed E-state index contributed by atoms with van der Waals surface area (Å²) in [5.74, 6) is 0.540. The van der Waals surface area contributed by atoms with Crippen molar-refractivity contribution >= 4 is 40.5 Å². The maximum Gasteiger partial charge on any atom is 0.262 e. The number of hydrogen-bond acceptors (Lipinski definition) is 3. The highest BCUT2D eigenvalue weighted by Gasteiger charge is 2.15. The lowest BCUT2D eigenvalue weighted by Gasteiger charge is -2.18. The van der Waals surface area contributed by atoms with E-state index in [0.717, 1.165) is 11.3 Å². The molecule has 6 heteroatoms. The third-order valence-electron chi connectivity index (χ3n) is 3.04. The largest absolute Gasteiger partial charge is 0.482 e. The Balaban J connectivity index is 1.73. The monoisotopic (exact) mass is 322 g/mol. The number of amides is 1. The number of ether oxygens (including phenoxy) is 1. The van der Waals surface area contributed by atoms with Crippen LogP contribution >= 0.6 is 23.2 Å². The summed E-state index contributed by atoms with van der Waals surface area (Å²) < 4.78 is 5.32. The van der Waals surface area contributed by atoms with E-state index in [1.165, 1.54) is 0 Å². The summed E-state index contributed by atoms with van der Waals surface area (Å²) in [5.41, 5.74) is 2.54. The van der Waals surface area contributed by atoms with Crippen LogP contribution in [0.1, 0.15) is 5.56 Å². The second-order valence-corrected chi connectivity index (χ2v) is 5.55. The van der Waals surface area contributed by atoms with E-state index in [4.69, 9.17) is 27.9 Å². The zero-order valence-corrected chi connectivity index (χ0v) is 12.5. The number of halogens is 2. The Bertz CT molecular complexity index is 684. The minimum Gasteiger partial charge on any atom is -0.482 e. The fraction of sp³-hybridized carbons (Fsp3) is 0.133. The lowest BCUT2D eigenvalue weighted by molar-refractivity contribution is -0.118. The third-order valence-corrected chi connectivity index (χ3v) is 3.47. The van der Waals surface area contributed by atoms with Crippen LogP contribution in [-0.2, 0) is 11.3 Å². The van der Waals surface area contributed by atoms with Crippen molar-refractivity contribution in [2.75, 3.05) is 17.2 Å². The van der Waals surface area contributed by atoms with Crippen LogP contribution in [0.3, 0.4) is 0 Å². The first-order chi connectivity index (χ1) is 10.1. The Morgan fingerprint density at radius 2 is 1.90 bits per heavy atom. The summed E-state index contributed by atoms with van der Waals surface area (Å²) in [6.45, 7) is 0.644. The van der Waals surface area contributed by atoms with Gasteiger partial charge in [0.2, 0.25) is 0 Å². The summed E-state index contributed by atoms with van der Waals surface area (Å²) in [6, 6.07) is 10.9. The van der Waals surface area contributed by atoms with E-state index in [-0.39, 0.29) is 12.5 Å². The maximum absolute atomic E-state index is 11.3. The molecule has 1 heterocycles. The van der Waals surface area contributed by atoms with Gasteiger partial charge in [0.1, 0.15) is 5.75 Å². The maximum atomic E-state index is 11.3. The van der Waals surface area contributed by atoms with Crippen molar-refractivity contribution < 1.29 is 9.53 Å². The van der Waals surface area contributed by atoms with Gasteiger partial charge >= 0.3 is 0 Å². The van der Waals surface area contributed by atoms with Gasteiger partial charge in [-0.2, -0.15) is 0 Å². The number of benzene rings is 2. The summed E-state index contributed by atoms with van der Waals surface area (Å²) >= 11 is 11.9. The van der Waals surface area contributed by atoms with Gasteiger partial charge in [0.25, 0.3) is 5.91 Å². The molecule has 0 radical (unpaired) electrons. The van der Waals surface area contributed by atoms with Gasteiger partial charge in [-0.3, -0.25) is 4.79 Å². The van der Waals surface area contributed by atoms with Crippen LogP contribution in [0.15, 0.2) is 36.4 Å². The van der Waals surface area contributed by atoms with Crippen LogP contribution in [0.5, 0.6) is 5.75 Å². The molecule has 1 aliphatic heterocycles. The van der Waals surface area contributed by atoms with Crippen molar-refractivity contribution in [1.29, 1.82) is 0 Å². The molecule has 0 bridgehead atoms. The van der Waals surface area contributed by atoms with Crippen molar-refractivity contribution in [1.82, 2.24) is 0 Å². The van der Waals surface area contributed by atoms with Gasteiger partial charge in [0.05, 0.1) is 5.69 Å². The van der Waals surface area contributed by atoms with Crippen molar-refractivity contribution in [2.24, 2.45) is 0 Å². The molecule has 1 aliphatic rings. The smallest absolute Gasteiger partial charge is 0.262 e. The van der Waals surface area contributed by atoms with E-state index in [9.17, 15) is 4.79 Å². The summed E-state index contributed by atoms with van der Waals surface area (Å²) in [7, 11) is 0. The van der Waals surface area contributed by atoms with Crippen LogP contribution in [0.25, 0.3) is 0 Å². The first-order valence-electron chi connectivity index (χ1n) is 6.36. The lowest BCUT2D eigenvalue weighted by Crippen LogP contribution is -2.25. The second kappa shape index (κ2) is 5.84. The molecular formula is C15H12Cl2N2O2. The average Bonchev–Trinajstić information content (AvgIpc) is 2.43. The molecule has 3 rings (SSSR count). The lowest BCUT2D eigenvalue weighted by atomic mass is 10.1. The molecule has 0 saturated heterocycles. The number of carbonyl (C=O) groups is 1. The molecule has 0 saturated carbocycles. The number of nitrogens with one attached hydrogen (secondary N) is 2. The van der Waals surface area contributed by atoms with Crippen LogP contribution in [0, 0.1) is 0 Å². The molecule has 0 unspecified atom stereocenters. The van der Waals surface area contributed by atoms with Gasteiger partial charge in [0.15, 0.2) is 6.61 Å². The predicted octanol–water partition coefficient (Wildman–Crippen LogP) is 3.94. The molecule has 2 aromatic rings. The first-order valence-corrected chi connectivity index (χ1v) is 7.11. The third kappa shape index (κ3) is 3.40. The van der Waals surface area contributed by atoms with Crippen molar-refractivity contribution in [3.8, 4) is 5.75 Å². The summed E-state index contributed by atoms with van der Waals surface area (Å²) in [5, 5.41) is 7.18.